The van der Waals surface area contributed by atoms with Gasteiger partial charge in [0.15, 0.2) is 0 Å². The van der Waals surface area contributed by atoms with Crippen molar-refractivity contribution < 1.29 is 4.74 Å². The second-order valence-electron chi connectivity index (χ2n) is 7.38. The molecule has 5 rings (SSSR count). The minimum absolute atomic E-state index is 0.722. The third-order valence-corrected chi connectivity index (χ3v) is 6.15. The van der Waals surface area contributed by atoms with E-state index >= 15 is 0 Å². The topological polar surface area (TPSA) is 55.2 Å². The molecule has 0 saturated heterocycles. The Morgan fingerprint density at radius 2 is 2.00 bits per heavy atom. The van der Waals surface area contributed by atoms with Gasteiger partial charge in [-0.15, -0.1) is 0 Å². The van der Waals surface area contributed by atoms with Crippen LogP contribution in [-0.4, -0.2) is 34.7 Å². The molecule has 0 spiro atoms. The SMILES string of the molecule is CN1CCCOc2c(-c3cn(C)c4nccc(NSc5cccnc5)c34)cccc21. The number of hydrogen-bond donors (Lipinski definition) is 1. The van der Waals surface area contributed by atoms with E-state index in [1.807, 2.05) is 37.6 Å². The third-order valence-electron chi connectivity index (χ3n) is 5.35. The van der Waals surface area contributed by atoms with Gasteiger partial charge in [0.2, 0.25) is 0 Å². The number of benzene rings is 1. The first kappa shape index (κ1) is 18.8. The van der Waals surface area contributed by atoms with Crippen LogP contribution >= 0.6 is 11.9 Å². The fraction of sp³-hybridized carbons (Fsp3) is 0.217. The van der Waals surface area contributed by atoms with Crippen molar-refractivity contribution in [2.45, 2.75) is 11.3 Å². The number of para-hydroxylation sites is 1. The van der Waals surface area contributed by atoms with Crippen molar-refractivity contribution in [1.29, 1.82) is 0 Å². The van der Waals surface area contributed by atoms with Crippen LogP contribution in [0, 0.1) is 0 Å². The van der Waals surface area contributed by atoms with E-state index in [4.69, 9.17) is 4.74 Å². The first-order chi connectivity index (χ1) is 14.7. The van der Waals surface area contributed by atoms with Crippen LogP contribution in [0.1, 0.15) is 6.42 Å². The maximum Gasteiger partial charge on any atom is 0.150 e. The average molecular weight is 418 g/mol. The Hall–Kier alpha value is -3.19. The number of hydrogen-bond acceptors (Lipinski definition) is 6. The maximum atomic E-state index is 6.23. The van der Waals surface area contributed by atoms with Gasteiger partial charge in [-0.2, -0.15) is 0 Å². The molecular formula is C23H23N5OS. The molecular weight excluding hydrogens is 394 g/mol. The Labute approximate surface area is 180 Å². The molecule has 0 unspecified atom stereocenters. The summed E-state index contributed by atoms with van der Waals surface area (Å²) in [5.74, 6) is 0.944. The minimum atomic E-state index is 0.722. The van der Waals surface area contributed by atoms with Crippen LogP contribution in [0.2, 0.25) is 0 Å². The summed E-state index contributed by atoms with van der Waals surface area (Å²) in [6, 6.07) is 12.4. The number of ether oxygens (including phenoxy) is 1. The second kappa shape index (κ2) is 7.91. The Morgan fingerprint density at radius 1 is 1.07 bits per heavy atom. The van der Waals surface area contributed by atoms with Gasteiger partial charge in [0, 0.05) is 61.4 Å². The highest BCUT2D eigenvalue weighted by molar-refractivity contribution is 8.00. The predicted octanol–water partition coefficient (Wildman–Crippen LogP) is 4.97. The molecule has 0 saturated carbocycles. The minimum Gasteiger partial charge on any atom is -0.491 e. The standard InChI is InChI=1S/C23H23N5OS/c1-27-12-5-13-29-22-17(7-3-8-20(22)27)18-15-28(2)23-21(18)19(9-11-25-23)26-30-16-6-4-10-24-14-16/h3-4,6-11,14-15H,5,12-13H2,1-2H3,(H,25,26). The number of nitrogens with one attached hydrogen (secondary N) is 1. The van der Waals surface area contributed by atoms with Gasteiger partial charge < -0.3 is 18.9 Å². The zero-order chi connectivity index (χ0) is 20.5. The summed E-state index contributed by atoms with van der Waals surface area (Å²) >= 11 is 1.55. The van der Waals surface area contributed by atoms with E-state index in [9.17, 15) is 0 Å². The molecule has 4 aromatic rings. The third kappa shape index (κ3) is 3.35. The van der Waals surface area contributed by atoms with E-state index in [2.05, 4.69) is 55.6 Å². The van der Waals surface area contributed by atoms with Gasteiger partial charge in [-0.05, 0) is 42.6 Å². The van der Waals surface area contributed by atoms with E-state index in [0.717, 1.165) is 63.8 Å². The fourth-order valence-corrected chi connectivity index (χ4v) is 4.56. The lowest BCUT2D eigenvalue weighted by Crippen LogP contribution is -2.17. The van der Waals surface area contributed by atoms with Gasteiger partial charge in [0.1, 0.15) is 11.4 Å². The number of pyridine rings is 2. The zero-order valence-corrected chi connectivity index (χ0v) is 17.8. The summed E-state index contributed by atoms with van der Waals surface area (Å²) in [5, 5.41) is 1.08. The van der Waals surface area contributed by atoms with Gasteiger partial charge in [0.25, 0.3) is 0 Å². The summed E-state index contributed by atoms with van der Waals surface area (Å²) in [5.41, 5.74) is 5.28. The molecule has 0 atom stereocenters. The summed E-state index contributed by atoms with van der Waals surface area (Å²) in [4.78, 5) is 12.2. The van der Waals surface area contributed by atoms with E-state index < -0.39 is 0 Å². The number of aryl methyl sites for hydroxylation is 1. The monoisotopic (exact) mass is 417 g/mol. The molecule has 4 heterocycles. The molecule has 152 valence electrons. The molecule has 7 heteroatoms. The normalized spacial score (nSPS) is 13.6. The molecule has 0 fully saturated rings. The molecule has 6 nitrogen and oxygen atoms in total. The first-order valence-corrected chi connectivity index (χ1v) is 10.8. The van der Waals surface area contributed by atoms with Crippen molar-refractivity contribution in [3.8, 4) is 16.9 Å². The van der Waals surface area contributed by atoms with E-state index in [1.54, 1.807) is 18.1 Å². The smallest absolute Gasteiger partial charge is 0.150 e. The van der Waals surface area contributed by atoms with E-state index in [0.29, 0.717) is 0 Å². The molecule has 0 amide bonds. The van der Waals surface area contributed by atoms with Crippen molar-refractivity contribution in [2.75, 3.05) is 29.8 Å². The largest absolute Gasteiger partial charge is 0.491 e. The van der Waals surface area contributed by atoms with Gasteiger partial charge in [-0.25, -0.2) is 4.98 Å². The lowest BCUT2D eigenvalue weighted by Gasteiger charge is -2.20. The van der Waals surface area contributed by atoms with Gasteiger partial charge >= 0.3 is 0 Å². The van der Waals surface area contributed by atoms with E-state index in [-0.39, 0.29) is 0 Å². The molecule has 0 bridgehead atoms. The van der Waals surface area contributed by atoms with Crippen LogP contribution in [-0.2, 0) is 7.05 Å². The zero-order valence-electron chi connectivity index (χ0n) is 17.0. The van der Waals surface area contributed by atoms with Crippen LogP contribution in [0.15, 0.2) is 66.1 Å². The highest BCUT2D eigenvalue weighted by atomic mass is 32.2. The summed E-state index contributed by atoms with van der Waals surface area (Å²) in [6.07, 6.45) is 8.62. The Balaban J connectivity index is 1.63. The summed E-state index contributed by atoms with van der Waals surface area (Å²) in [6.45, 7) is 1.71. The molecule has 0 radical (unpaired) electrons. The molecule has 1 aliphatic rings. The van der Waals surface area contributed by atoms with Gasteiger partial charge in [0.05, 0.1) is 23.4 Å². The lowest BCUT2D eigenvalue weighted by molar-refractivity contribution is 0.324. The average Bonchev–Trinajstić information content (AvgIpc) is 3.00. The maximum absolute atomic E-state index is 6.23. The van der Waals surface area contributed by atoms with Crippen molar-refractivity contribution in [2.24, 2.45) is 7.05 Å². The Bertz CT molecular complexity index is 1190. The summed E-state index contributed by atoms with van der Waals surface area (Å²) < 4.78 is 11.8. The van der Waals surface area contributed by atoms with Crippen LogP contribution in [0.3, 0.4) is 0 Å². The van der Waals surface area contributed by atoms with Crippen LogP contribution in [0.25, 0.3) is 22.2 Å². The van der Waals surface area contributed by atoms with Crippen LogP contribution in [0.5, 0.6) is 5.75 Å². The number of fused-ring (bicyclic) bond motifs is 2. The number of rotatable bonds is 4. The number of aromatic nitrogens is 3. The van der Waals surface area contributed by atoms with Crippen molar-refractivity contribution in [1.82, 2.24) is 14.5 Å². The first-order valence-electron chi connectivity index (χ1n) is 9.96. The second-order valence-corrected chi connectivity index (χ2v) is 8.26. The summed E-state index contributed by atoms with van der Waals surface area (Å²) in [7, 11) is 4.16. The fourth-order valence-electron chi connectivity index (χ4n) is 3.90. The number of nitrogens with zero attached hydrogens (tertiary/aromatic N) is 4. The van der Waals surface area contributed by atoms with Crippen LogP contribution in [0.4, 0.5) is 11.4 Å². The Kier molecular flexibility index (Phi) is 4.96. The number of anilines is 2. The van der Waals surface area contributed by atoms with Crippen molar-refractivity contribution in [3.63, 3.8) is 0 Å². The Morgan fingerprint density at radius 3 is 2.87 bits per heavy atom. The molecule has 1 aromatic carbocycles. The molecule has 30 heavy (non-hydrogen) atoms. The molecule has 1 N–H and O–H groups in total. The van der Waals surface area contributed by atoms with Crippen molar-refractivity contribution in [3.05, 3.63) is 61.2 Å². The quantitative estimate of drug-likeness (QED) is 0.473. The highest BCUT2D eigenvalue weighted by Crippen LogP contribution is 2.44. The van der Waals surface area contributed by atoms with Crippen LogP contribution < -0.4 is 14.4 Å². The van der Waals surface area contributed by atoms with Gasteiger partial charge in [-0.1, -0.05) is 12.1 Å². The molecule has 3 aromatic heterocycles. The van der Waals surface area contributed by atoms with E-state index in [1.165, 1.54) is 0 Å². The molecule has 0 aliphatic carbocycles. The predicted molar refractivity (Wildman–Crippen MR) is 123 cm³/mol. The lowest BCUT2D eigenvalue weighted by atomic mass is 10.0. The van der Waals surface area contributed by atoms with Crippen molar-refractivity contribution >= 4 is 34.4 Å². The highest BCUT2D eigenvalue weighted by Gasteiger charge is 2.22. The van der Waals surface area contributed by atoms with Gasteiger partial charge in [-0.3, -0.25) is 4.98 Å². The molecule has 1 aliphatic heterocycles.